The first kappa shape index (κ1) is 18.8. The molecule has 1 atom stereocenters. The molecule has 0 aliphatic rings. The van der Waals surface area contributed by atoms with Crippen LogP contribution in [-0.2, 0) is 12.8 Å². The molecule has 0 radical (unpaired) electrons. The summed E-state index contributed by atoms with van der Waals surface area (Å²) in [5.74, 6) is 2.25. The lowest BCUT2D eigenvalue weighted by molar-refractivity contribution is 0.211. The number of hydrogen-bond acceptors (Lipinski definition) is 5. The lowest BCUT2D eigenvalue weighted by Crippen LogP contribution is -2.10. The normalized spacial score (nSPS) is 12.4. The summed E-state index contributed by atoms with van der Waals surface area (Å²) in [7, 11) is 1.95. The summed E-state index contributed by atoms with van der Waals surface area (Å²) in [5, 5.41) is 10.2. The maximum Gasteiger partial charge on any atom is 0.191 e. The molecule has 0 spiro atoms. The second kappa shape index (κ2) is 7.85. The molecule has 0 fully saturated rings. The van der Waals surface area contributed by atoms with Gasteiger partial charge in [-0.05, 0) is 49.7 Å². The smallest absolute Gasteiger partial charge is 0.191 e. The van der Waals surface area contributed by atoms with Gasteiger partial charge >= 0.3 is 0 Å². The molecule has 0 amide bonds. The van der Waals surface area contributed by atoms with Gasteiger partial charge in [-0.25, -0.2) is 4.98 Å². The van der Waals surface area contributed by atoms with Crippen molar-refractivity contribution in [2.45, 2.75) is 30.9 Å². The van der Waals surface area contributed by atoms with Gasteiger partial charge < -0.3 is 13.7 Å². The summed E-state index contributed by atoms with van der Waals surface area (Å²) in [5.41, 5.74) is 2.92. The van der Waals surface area contributed by atoms with Gasteiger partial charge in [-0.3, -0.25) is 0 Å². The van der Waals surface area contributed by atoms with E-state index in [0.717, 1.165) is 44.4 Å². The van der Waals surface area contributed by atoms with Crippen LogP contribution in [0.25, 0.3) is 5.65 Å². The molecule has 3 heterocycles. The van der Waals surface area contributed by atoms with Crippen LogP contribution < -0.4 is 4.74 Å². The van der Waals surface area contributed by atoms with E-state index in [1.165, 1.54) is 0 Å². The molecule has 0 bridgehead atoms. The zero-order valence-electron chi connectivity index (χ0n) is 15.8. The van der Waals surface area contributed by atoms with Crippen LogP contribution in [0.15, 0.2) is 53.9 Å². The molecule has 0 saturated carbocycles. The Morgan fingerprint density at radius 1 is 1.21 bits per heavy atom. The van der Waals surface area contributed by atoms with Crippen LogP contribution in [0.4, 0.5) is 0 Å². The molecule has 144 valence electrons. The van der Waals surface area contributed by atoms with Gasteiger partial charge in [0.2, 0.25) is 0 Å². The molecule has 4 rings (SSSR count). The predicted octanol–water partition coefficient (Wildman–Crippen LogP) is 4.86. The third kappa shape index (κ3) is 3.86. The Morgan fingerprint density at radius 2 is 2.07 bits per heavy atom. The molecule has 0 N–H and O–H groups in total. The first-order valence-electron chi connectivity index (χ1n) is 8.89. The number of fused-ring (bicyclic) bond motifs is 1. The molecule has 28 heavy (non-hydrogen) atoms. The second-order valence-electron chi connectivity index (χ2n) is 6.56. The van der Waals surface area contributed by atoms with Crippen molar-refractivity contribution in [2.24, 2.45) is 7.05 Å². The predicted molar refractivity (Wildman–Crippen MR) is 111 cm³/mol. The van der Waals surface area contributed by atoms with Crippen LogP contribution in [0.5, 0.6) is 5.75 Å². The monoisotopic (exact) mass is 413 g/mol. The van der Waals surface area contributed by atoms with E-state index in [-0.39, 0.29) is 6.10 Å². The number of hydrogen-bond donors (Lipinski definition) is 0. The van der Waals surface area contributed by atoms with Crippen molar-refractivity contribution in [1.29, 1.82) is 0 Å². The van der Waals surface area contributed by atoms with Gasteiger partial charge in [-0.1, -0.05) is 29.4 Å². The first-order chi connectivity index (χ1) is 13.5. The minimum absolute atomic E-state index is 0.234. The minimum Gasteiger partial charge on any atom is -0.483 e. The van der Waals surface area contributed by atoms with Gasteiger partial charge in [-0.2, -0.15) is 0 Å². The first-order valence-corrected chi connectivity index (χ1v) is 10.2. The van der Waals surface area contributed by atoms with Gasteiger partial charge in [0, 0.05) is 30.2 Å². The fourth-order valence-electron chi connectivity index (χ4n) is 2.95. The highest BCUT2D eigenvalue weighted by atomic mass is 35.5. The van der Waals surface area contributed by atoms with E-state index in [1.54, 1.807) is 11.8 Å². The SMILES string of the molecule is Cc1cc(OC(C)c2nnc(SCc3cn4ccccc4n3)n2C)ccc1Cl. The lowest BCUT2D eigenvalue weighted by Gasteiger charge is -2.15. The van der Waals surface area contributed by atoms with E-state index in [1.807, 2.05) is 78.7 Å². The van der Waals surface area contributed by atoms with Crippen LogP contribution in [-0.4, -0.2) is 24.1 Å². The average molecular weight is 414 g/mol. The molecule has 0 saturated heterocycles. The zero-order chi connectivity index (χ0) is 19.7. The fraction of sp³-hybridized carbons (Fsp3) is 0.250. The van der Waals surface area contributed by atoms with Crippen molar-refractivity contribution < 1.29 is 4.74 Å². The number of halogens is 1. The summed E-state index contributed by atoms with van der Waals surface area (Å²) in [6.45, 7) is 3.92. The third-order valence-electron chi connectivity index (χ3n) is 4.44. The summed E-state index contributed by atoms with van der Waals surface area (Å²) >= 11 is 7.69. The van der Waals surface area contributed by atoms with Gasteiger partial charge in [0.1, 0.15) is 11.4 Å². The average Bonchev–Trinajstić information content (AvgIpc) is 3.26. The van der Waals surface area contributed by atoms with E-state index >= 15 is 0 Å². The van der Waals surface area contributed by atoms with Gasteiger partial charge in [0.05, 0.1) is 5.69 Å². The molecule has 1 aromatic carbocycles. The number of pyridine rings is 1. The maximum absolute atomic E-state index is 6.08. The Hall–Kier alpha value is -2.51. The third-order valence-corrected chi connectivity index (χ3v) is 5.92. The van der Waals surface area contributed by atoms with Crippen LogP contribution in [0.1, 0.15) is 30.1 Å². The molecular formula is C20H20ClN5OS. The van der Waals surface area contributed by atoms with Crippen molar-refractivity contribution in [3.63, 3.8) is 0 Å². The van der Waals surface area contributed by atoms with E-state index in [9.17, 15) is 0 Å². The van der Waals surface area contributed by atoms with Crippen molar-refractivity contribution in [3.05, 3.63) is 70.9 Å². The molecule has 0 aliphatic heterocycles. The van der Waals surface area contributed by atoms with Crippen LogP contribution in [0.3, 0.4) is 0 Å². The Morgan fingerprint density at radius 3 is 2.86 bits per heavy atom. The molecule has 0 aliphatic carbocycles. The standard InChI is InChI=1S/C20H20ClN5OS/c1-13-10-16(7-8-17(13)21)27-14(2)19-23-24-20(25(19)3)28-12-15-11-26-9-5-4-6-18(26)22-15/h4-11,14H,12H2,1-3H3. The Balaban J connectivity index is 1.44. The molecule has 8 heteroatoms. The maximum atomic E-state index is 6.08. The summed E-state index contributed by atoms with van der Waals surface area (Å²) in [6, 6.07) is 11.6. The largest absolute Gasteiger partial charge is 0.483 e. The van der Waals surface area contributed by atoms with Crippen molar-refractivity contribution >= 4 is 29.0 Å². The van der Waals surface area contributed by atoms with E-state index in [4.69, 9.17) is 16.3 Å². The Kier molecular flexibility index (Phi) is 5.28. The highest BCUT2D eigenvalue weighted by Gasteiger charge is 2.18. The van der Waals surface area contributed by atoms with E-state index in [0.29, 0.717) is 0 Å². The Bertz CT molecular complexity index is 1090. The molecule has 1 unspecified atom stereocenters. The topological polar surface area (TPSA) is 57.2 Å². The summed E-state index contributed by atoms with van der Waals surface area (Å²) < 4.78 is 10.0. The van der Waals surface area contributed by atoms with Crippen molar-refractivity contribution in [2.75, 3.05) is 0 Å². The zero-order valence-corrected chi connectivity index (χ0v) is 17.4. The number of aryl methyl sites for hydroxylation is 1. The quantitative estimate of drug-likeness (QED) is 0.422. The molecule has 3 aromatic heterocycles. The van der Waals surface area contributed by atoms with E-state index < -0.39 is 0 Å². The number of imidazole rings is 1. The highest BCUT2D eigenvalue weighted by Crippen LogP contribution is 2.27. The van der Waals surface area contributed by atoms with Gasteiger partial charge in [0.25, 0.3) is 0 Å². The van der Waals surface area contributed by atoms with Crippen molar-refractivity contribution in [1.82, 2.24) is 24.1 Å². The van der Waals surface area contributed by atoms with Gasteiger partial charge in [-0.15, -0.1) is 10.2 Å². The minimum atomic E-state index is -0.234. The van der Waals surface area contributed by atoms with E-state index in [2.05, 4.69) is 15.2 Å². The number of thioether (sulfide) groups is 1. The van der Waals surface area contributed by atoms with Crippen LogP contribution in [0, 0.1) is 6.92 Å². The number of aromatic nitrogens is 5. The van der Waals surface area contributed by atoms with Crippen molar-refractivity contribution in [3.8, 4) is 5.75 Å². The molecular weight excluding hydrogens is 394 g/mol. The summed E-state index contributed by atoms with van der Waals surface area (Å²) in [6.07, 6.45) is 3.80. The highest BCUT2D eigenvalue weighted by molar-refractivity contribution is 7.98. The molecule has 6 nitrogen and oxygen atoms in total. The van der Waals surface area contributed by atoms with Crippen LogP contribution >= 0.6 is 23.4 Å². The number of ether oxygens (including phenoxy) is 1. The number of benzene rings is 1. The Labute approximate surface area is 172 Å². The fourth-order valence-corrected chi connectivity index (χ4v) is 3.87. The summed E-state index contributed by atoms with van der Waals surface area (Å²) in [4.78, 5) is 4.62. The second-order valence-corrected chi connectivity index (χ2v) is 7.91. The number of rotatable bonds is 6. The molecule has 4 aromatic rings. The van der Waals surface area contributed by atoms with Crippen LogP contribution in [0.2, 0.25) is 5.02 Å². The van der Waals surface area contributed by atoms with Gasteiger partial charge in [0.15, 0.2) is 17.1 Å². The number of nitrogens with zero attached hydrogens (tertiary/aromatic N) is 5. The lowest BCUT2D eigenvalue weighted by atomic mass is 10.2.